The molecule has 0 fully saturated rings. The highest BCUT2D eigenvalue weighted by Gasteiger charge is 2.06. The highest BCUT2D eigenvalue weighted by atomic mass is 16.5. The van der Waals surface area contributed by atoms with E-state index in [1.165, 1.54) is 0 Å². The topological polar surface area (TPSA) is 73.6 Å². The number of amides is 1. The van der Waals surface area contributed by atoms with Crippen molar-refractivity contribution in [1.29, 1.82) is 0 Å². The second-order valence-corrected chi connectivity index (χ2v) is 5.07. The molecule has 1 amide bonds. The normalized spacial score (nSPS) is 12.1. The van der Waals surface area contributed by atoms with Crippen LogP contribution in [0.4, 0.5) is 11.4 Å². The molecule has 1 unspecified atom stereocenters. The van der Waals surface area contributed by atoms with Gasteiger partial charge in [-0.2, -0.15) is 0 Å². The standard InChI is InChI=1S/C16H26N2O3/c1-4-20-11-13(3)21-9-5-6-16(19)18-15-10-14(17)8-7-12(15)2/h7-8,10,13H,4-6,9,11,17H2,1-3H3,(H,18,19). The number of nitrogens with two attached hydrogens (primary N) is 1. The molecule has 3 N–H and O–H groups in total. The van der Waals surface area contributed by atoms with Crippen molar-refractivity contribution >= 4 is 17.3 Å². The summed E-state index contributed by atoms with van der Waals surface area (Å²) >= 11 is 0. The minimum atomic E-state index is -0.0234. The maximum absolute atomic E-state index is 11.9. The largest absolute Gasteiger partial charge is 0.399 e. The van der Waals surface area contributed by atoms with Crippen LogP contribution in [-0.4, -0.2) is 31.8 Å². The van der Waals surface area contributed by atoms with Gasteiger partial charge in [-0.15, -0.1) is 0 Å². The van der Waals surface area contributed by atoms with Crippen LogP contribution in [-0.2, 0) is 14.3 Å². The van der Waals surface area contributed by atoms with Crippen molar-refractivity contribution in [3.63, 3.8) is 0 Å². The summed E-state index contributed by atoms with van der Waals surface area (Å²) in [5.74, 6) is -0.0234. The SMILES string of the molecule is CCOCC(C)OCCCC(=O)Nc1cc(N)ccc1C. The van der Waals surface area contributed by atoms with Gasteiger partial charge in [0.1, 0.15) is 0 Å². The number of hydrogen-bond donors (Lipinski definition) is 2. The number of nitrogens with one attached hydrogen (secondary N) is 1. The molecule has 0 spiro atoms. The Kier molecular flexibility index (Phi) is 7.79. The molecule has 118 valence electrons. The highest BCUT2D eigenvalue weighted by molar-refractivity contribution is 5.91. The predicted octanol–water partition coefficient (Wildman–Crippen LogP) is 2.74. The van der Waals surface area contributed by atoms with Crippen LogP contribution >= 0.6 is 0 Å². The summed E-state index contributed by atoms with van der Waals surface area (Å²) in [6, 6.07) is 5.48. The molecule has 0 aromatic heterocycles. The van der Waals surface area contributed by atoms with Gasteiger partial charge in [-0.05, 0) is 44.9 Å². The molecule has 0 saturated heterocycles. The molecule has 1 aromatic carbocycles. The number of benzene rings is 1. The highest BCUT2D eigenvalue weighted by Crippen LogP contribution is 2.18. The van der Waals surface area contributed by atoms with Crippen LogP contribution in [0.15, 0.2) is 18.2 Å². The van der Waals surface area contributed by atoms with Crippen molar-refractivity contribution in [2.75, 3.05) is 30.9 Å². The monoisotopic (exact) mass is 294 g/mol. The third-order valence-corrected chi connectivity index (χ3v) is 3.04. The minimum Gasteiger partial charge on any atom is -0.399 e. The Balaban J connectivity index is 2.24. The van der Waals surface area contributed by atoms with Gasteiger partial charge in [0.2, 0.25) is 5.91 Å². The third-order valence-electron chi connectivity index (χ3n) is 3.04. The van der Waals surface area contributed by atoms with Crippen LogP contribution in [0.1, 0.15) is 32.3 Å². The Morgan fingerprint density at radius 3 is 2.90 bits per heavy atom. The van der Waals surface area contributed by atoms with Crippen LogP contribution in [0, 0.1) is 6.92 Å². The van der Waals surface area contributed by atoms with Crippen molar-refractivity contribution < 1.29 is 14.3 Å². The fourth-order valence-electron chi connectivity index (χ4n) is 1.84. The van der Waals surface area contributed by atoms with Gasteiger partial charge in [-0.25, -0.2) is 0 Å². The van der Waals surface area contributed by atoms with Gasteiger partial charge in [0, 0.05) is 31.0 Å². The summed E-state index contributed by atoms with van der Waals surface area (Å²) in [6.45, 7) is 7.69. The lowest BCUT2D eigenvalue weighted by Gasteiger charge is -2.13. The summed E-state index contributed by atoms with van der Waals surface area (Å²) < 4.78 is 10.8. The Morgan fingerprint density at radius 1 is 1.43 bits per heavy atom. The summed E-state index contributed by atoms with van der Waals surface area (Å²) in [5.41, 5.74) is 8.13. The smallest absolute Gasteiger partial charge is 0.224 e. The van der Waals surface area contributed by atoms with Gasteiger partial charge in [0.25, 0.3) is 0 Å². The van der Waals surface area contributed by atoms with Gasteiger partial charge in [0.15, 0.2) is 0 Å². The molecule has 21 heavy (non-hydrogen) atoms. The lowest BCUT2D eigenvalue weighted by atomic mass is 10.1. The molecule has 5 nitrogen and oxygen atoms in total. The number of aryl methyl sites for hydroxylation is 1. The molecule has 0 radical (unpaired) electrons. The van der Waals surface area contributed by atoms with Crippen molar-refractivity contribution in [2.24, 2.45) is 0 Å². The number of nitrogen functional groups attached to an aromatic ring is 1. The summed E-state index contributed by atoms with van der Waals surface area (Å²) in [7, 11) is 0. The van der Waals surface area contributed by atoms with E-state index in [-0.39, 0.29) is 12.0 Å². The Bertz CT molecular complexity index is 449. The molecule has 1 aromatic rings. The van der Waals surface area contributed by atoms with E-state index < -0.39 is 0 Å². The Hall–Kier alpha value is -1.59. The van der Waals surface area contributed by atoms with E-state index in [1.807, 2.05) is 32.9 Å². The van der Waals surface area contributed by atoms with E-state index >= 15 is 0 Å². The van der Waals surface area contributed by atoms with Gasteiger partial charge >= 0.3 is 0 Å². The maximum Gasteiger partial charge on any atom is 0.224 e. The lowest BCUT2D eigenvalue weighted by molar-refractivity contribution is -0.116. The molecule has 0 heterocycles. The fraction of sp³-hybridized carbons (Fsp3) is 0.562. The molecular formula is C16H26N2O3. The van der Waals surface area contributed by atoms with Gasteiger partial charge < -0.3 is 20.5 Å². The van der Waals surface area contributed by atoms with E-state index in [0.717, 1.165) is 11.3 Å². The number of carbonyl (C=O) groups is 1. The average Bonchev–Trinajstić information content (AvgIpc) is 2.45. The summed E-state index contributed by atoms with van der Waals surface area (Å²) in [4.78, 5) is 11.9. The zero-order valence-corrected chi connectivity index (χ0v) is 13.1. The summed E-state index contributed by atoms with van der Waals surface area (Å²) in [6.07, 6.45) is 1.17. The molecule has 0 saturated carbocycles. The van der Waals surface area contributed by atoms with Crippen LogP contribution in [0.2, 0.25) is 0 Å². The molecule has 0 bridgehead atoms. The molecule has 0 aliphatic carbocycles. The first-order valence-electron chi connectivity index (χ1n) is 7.38. The van der Waals surface area contributed by atoms with Gasteiger partial charge in [-0.3, -0.25) is 4.79 Å². The van der Waals surface area contributed by atoms with Crippen LogP contribution in [0.25, 0.3) is 0 Å². The molecule has 1 atom stereocenters. The fourth-order valence-corrected chi connectivity index (χ4v) is 1.84. The molecule has 1 rings (SSSR count). The first kappa shape index (κ1) is 17.5. The van der Waals surface area contributed by atoms with Crippen LogP contribution in [0.5, 0.6) is 0 Å². The van der Waals surface area contributed by atoms with Crippen LogP contribution < -0.4 is 11.1 Å². The first-order valence-corrected chi connectivity index (χ1v) is 7.38. The van der Waals surface area contributed by atoms with E-state index in [2.05, 4.69) is 5.32 Å². The van der Waals surface area contributed by atoms with E-state index in [4.69, 9.17) is 15.2 Å². The van der Waals surface area contributed by atoms with Gasteiger partial charge in [0.05, 0.1) is 12.7 Å². The lowest BCUT2D eigenvalue weighted by Crippen LogP contribution is -2.18. The number of ether oxygens (including phenoxy) is 2. The van der Waals surface area contributed by atoms with E-state index in [0.29, 0.717) is 38.3 Å². The molecule has 0 aliphatic heterocycles. The maximum atomic E-state index is 11.9. The van der Waals surface area contributed by atoms with Crippen molar-refractivity contribution in [3.05, 3.63) is 23.8 Å². The van der Waals surface area contributed by atoms with Crippen molar-refractivity contribution in [2.45, 2.75) is 39.7 Å². The van der Waals surface area contributed by atoms with E-state index in [9.17, 15) is 4.79 Å². The number of hydrogen-bond acceptors (Lipinski definition) is 4. The quantitative estimate of drug-likeness (QED) is 0.542. The van der Waals surface area contributed by atoms with Gasteiger partial charge in [-0.1, -0.05) is 6.07 Å². The third kappa shape index (κ3) is 7.11. The zero-order chi connectivity index (χ0) is 15.7. The summed E-state index contributed by atoms with van der Waals surface area (Å²) in [5, 5.41) is 2.87. The van der Waals surface area contributed by atoms with Crippen molar-refractivity contribution in [3.8, 4) is 0 Å². The average molecular weight is 294 g/mol. The van der Waals surface area contributed by atoms with Crippen molar-refractivity contribution in [1.82, 2.24) is 0 Å². The number of anilines is 2. The first-order chi connectivity index (χ1) is 10.0. The zero-order valence-electron chi connectivity index (χ0n) is 13.1. The number of carbonyl (C=O) groups excluding carboxylic acids is 1. The molecule has 5 heteroatoms. The predicted molar refractivity (Wildman–Crippen MR) is 85.4 cm³/mol. The molecule has 0 aliphatic rings. The molecular weight excluding hydrogens is 268 g/mol. The Morgan fingerprint density at radius 2 is 2.19 bits per heavy atom. The van der Waals surface area contributed by atoms with Crippen LogP contribution in [0.3, 0.4) is 0 Å². The Labute approximate surface area is 126 Å². The second-order valence-electron chi connectivity index (χ2n) is 5.07. The number of rotatable bonds is 9. The minimum absolute atomic E-state index is 0.0234. The van der Waals surface area contributed by atoms with E-state index in [1.54, 1.807) is 6.07 Å². The second kappa shape index (κ2) is 9.37.